The molecule has 0 spiro atoms. The third-order valence-electron chi connectivity index (χ3n) is 5.70. The smallest absolute Gasteiger partial charge is 0.392 e. The lowest BCUT2D eigenvalue weighted by molar-refractivity contribution is -0.181. The molecule has 2 N–H and O–H groups in total. The van der Waals surface area contributed by atoms with Gasteiger partial charge >= 0.3 is 12.2 Å². The monoisotopic (exact) mass is 526 g/mol. The molecule has 5 rings (SSSR count). The number of amides is 2. The van der Waals surface area contributed by atoms with Gasteiger partial charge in [0.15, 0.2) is 16.6 Å². The van der Waals surface area contributed by atoms with Crippen molar-refractivity contribution >= 4 is 46.3 Å². The molecule has 4 aromatic heterocycles. The predicted molar refractivity (Wildman–Crippen MR) is 120 cm³/mol. The highest BCUT2D eigenvalue weighted by molar-refractivity contribution is 6.32. The van der Waals surface area contributed by atoms with Crippen LogP contribution in [0, 0.1) is 0 Å². The zero-order valence-electron chi connectivity index (χ0n) is 17.8. The summed E-state index contributed by atoms with van der Waals surface area (Å²) in [6.07, 6.45) is 0.736. The molecular weight excluding hydrogens is 512 g/mol. The lowest BCUT2D eigenvalue weighted by Crippen LogP contribution is -2.46. The summed E-state index contributed by atoms with van der Waals surface area (Å²) in [7, 11) is 0. The predicted octanol–water partition coefficient (Wildman–Crippen LogP) is 3.98. The number of alkyl halides is 3. The molecule has 182 valence electrons. The summed E-state index contributed by atoms with van der Waals surface area (Å²) in [6, 6.07) is 1.88. The molecule has 0 aliphatic carbocycles. The normalized spacial score (nSPS) is 17.7. The van der Waals surface area contributed by atoms with Crippen LogP contribution in [0.5, 0.6) is 0 Å². The number of aliphatic hydroxyl groups excluding tert-OH is 1. The molecular formula is C20H15Cl2F3N8O2. The number of aromatic nitrogens is 6. The van der Waals surface area contributed by atoms with Crippen molar-refractivity contribution in [1.82, 2.24) is 29.4 Å². The van der Waals surface area contributed by atoms with Crippen LogP contribution in [-0.2, 0) is 12.0 Å². The van der Waals surface area contributed by atoms with Crippen molar-refractivity contribution < 1.29 is 23.1 Å². The molecule has 35 heavy (non-hydrogen) atoms. The van der Waals surface area contributed by atoms with Crippen LogP contribution in [0.1, 0.15) is 18.2 Å². The maximum atomic E-state index is 14.2. The second-order valence-corrected chi connectivity index (χ2v) is 8.85. The molecule has 2 amide bonds. The van der Waals surface area contributed by atoms with Gasteiger partial charge in [-0.15, -0.1) is 0 Å². The number of hydrogen-bond acceptors (Lipinski definition) is 6. The first-order valence-corrected chi connectivity index (χ1v) is 10.8. The highest BCUT2D eigenvalue weighted by Gasteiger charge is 2.60. The Morgan fingerprint density at radius 2 is 2.00 bits per heavy atom. The Balaban J connectivity index is 1.48. The fourth-order valence-corrected chi connectivity index (χ4v) is 4.33. The molecule has 0 bridgehead atoms. The van der Waals surface area contributed by atoms with Crippen molar-refractivity contribution in [2.45, 2.75) is 25.1 Å². The number of carbonyl (C=O) groups excluding carboxylic acids is 1. The second kappa shape index (κ2) is 8.07. The van der Waals surface area contributed by atoms with Gasteiger partial charge in [-0.1, -0.05) is 23.2 Å². The zero-order valence-corrected chi connectivity index (χ0v) is 19.3. The van der Waals surface area contributed by atoms with Crippen LogP contribution in [0.2, 0.25) is 10.2 Å². The van der Waals surface area contributed by atoms with E-state index in [1.807, 2.05) is 0 Å². The number of urea groups is 1. The minimum Gasteiger partial charge on any atom is -0.392 e. The molecule has 0 unspecified atom stereocenters. The lowest BCUT2D eigenvalue weighted by Gasteiger charge is -2.28. The molecule has 0 radical (unpaired) electrons. The van der Waals surface area contributed by atoms with E-state index in [1.165, 1.54) is 41.6 Å². The van der Waals surface area contributed by atoms with Crippen molar-refractivity contribution in [1.29, 1.82) is 0 Å². The van der Waals surface area contributed by atoms with Crippen molar-refractivity contribution in [3.05, 3.63) is 58.4 Å². The third kappa shape index (κ3) is 3.75. The summed E-state index contributed by atoms with van der Waals surface area (Å²) in [5.41, 5.74) is -1.92. The number of hydrogen-bond donors (Lipinski definition) is 2. The summed E-state index contributed by atoms with van der Waals surface area (Å²) in [6.45, 7) is 0.0737. The number of nitrogens with one attached hydrogen (secondary N) is 1. The van der Waals surface area contributed by atoms with E-state index in [4.69, 9.17) is 23.2 Å². The van der Waals surface area contributed by atoms with Gasteiger partial charge in [0, 0.05) is 24.4 Å². The molecule has 0 saturated heterocycles. The van der Waals surface area contributed by atoms with Crippen molar-refractivity contribution in [3.8, 4) is 5.82 Å². The number of anilines is 2. The van der Waals surface area contributed by atoms with Crippen molar-refractivity contribution in [2.75, 3.05) is 16.8 Å². The van der Waals surface area contributed by atoms with Gasteiger partial charge in [0.1, 0.15) is 5.41 Å². The number of fused-ring (bicyclic) bond motifs is 3. The first kappa shape index (κ1) is 23.3. The Labute approximate surface area is 204 Å². The van der Waals surface area contributed by atoms with Crippen LogP contribution in [0.25, 0.3) is 11.5 Å². The van der Waals surface area contributed by atoms with Gasteiger partial charge in [0.25, 0.3) is 0 Å². The molecule has 15 heteroatoms. The summed E-state index contributed by atoms with van der Waals surface area (Å²) in [5.74, 6) is 0.239. The molecule has 0 fully saturated rings. The molecule has 1 aliphatic heterocycles. The van der Waals surface area contributed by atoms with Gasteiger partial charge in [-0.3, -0.25) is 4.90 Å². The third-order valence-corrected chi connectivity index (χ3v) is 6.16. The van der Waals surface area contributed by atoms with Crippen molar-refractivity contribution in [2.24, 2.45) is 0 Å². The molecule has 1 atom stereocenters. The SMILES string of the molecule is C[C@@]1(C(F)(F)F)CN(C(=O)Nc2cnc(-n3cc(CO)cn3)c(Cl)c2)c2cnc3cc(Cl)nn3c21. The fraction of sp³-hybridized carbons (Fsp3) is 0.250. The zero-order chi connectivity index (χ0) is 25.1. The van der Waals surface area contributed by atoms with Gasteiger partial charge in [0.05, 0.1) is 47.3 Å². The summed E-state index contributed by atoms with van der Waals surface area (Å²) < 4.78 is 45.0. The van der Waals surface area contributed by atoms with Crippen LogP contribution in [0.3, 0.4) is 0 Å². The van der Waals surface area contributed by atoms with E-state index < -0.39 is 24.2 Å². The van der Waals surface area contributed by atoms with Crippen LogP contribution < -0.4 is 10.2 Å². The van der Waals surface area contributed by atoms with E-state index in [0.717, 1.165) is 16.3 Å². The van der Waals surface area contributed by atoms with Crippen LogP contribution in [-0.4, -0.2) is 53.2 Å². The molecule has 10 nitrogen and oxygen atoms in total. The molecule has 0 aromatic carbocycles. The number of rotatable bonds is 3. The first-order valence-electron chi connectivity index (χ1n) is 10.0. The second-order valence-electron chi connectivity index (χ2n) is 8.06. The van der Waals surface area contributed by atoms with Crippen LogP contribution in [0.4, 0.5) is 29.3 Å². The highest BCUT2D eigenvalue weighted by atomic mass is 35.5. The summed E-state index contributed by atoms with van der Waals surface area (Å²) in [4.78, 5) is 22.3. The number of pyridine rings is 1. The average Bonchev–Trinajstić information content (AvgIpc) is 3.48. The van der Waals surface area contributed by atoms with E-state index in [0.29, 0.717) is 5.56 Å². The topological polar surface area (TPSA) is 113 Å². The van der Waals surface area contributed by atoms with Gasteiger partial charge in [-0.25, -0.2) is 24.0 Å². The molecule has 5 heterocycles. The maximum Gasteiger partial charge on any atom is 0.401 e. The largest absolute Gasteiger partial charge is 0.401 e. The quantitative estimate of drug-likeness (QED) is 0.417. The van der Waals surface area contributed by atoms with Crippen LogP contribution in [0.15, 0.2) is 36.9 Å². The summed E-state index contributed by atoms with van der Waals surface area (Å²) in [5, 5.41) is 19.8. The van der Waals surface area contributed by atoms with E-state index in [1.54, 1.807) is 0 Å². The van der Waals surface area contributed by atoms with E-state index in [2.05, 4.69) is 25.5 Å². The Bertz CT molecular complexity index is 1470. The highest BCUT2D eigenvalue weighted by Crippen LogP contribution is 2.50. The average molecular weight is 527 g/mol. The Morgan fingerprint density at radius 3 is 2.66 bits per heavy atom. The Hall–Kier alpha value is -3.42. The molecule has 0 saturated carbocycles. The number of nitrogens with zero attached hydrogens (tertiary/aromatic N) is 7. The Morgan fingerprint density at radius 1 is 1.23 bits per heavy atom. The van der Waals surface area contributed by atoms with Gasteiger partial charge in [0.2, 0.25) is 0 Å². The van der Waals surface area contributed by atoms with Gasteiger partial charge in [-0.05, 0) is 13.0 Å². The summed E-state index contributed by atoms with van der Waals surface area (Å²) >= 11 is 12.2. The van der Waals surface area contributed by atoms with E-state index in [-0.39, 0.29) is 45.3 Å². The minimum atomic E-state index is -4.70. The fourth-order valence-electron chi connectivity index (χ4n) is 3.91. The molecule has 4 aromatic rings. The van der Waals surface area contributed by atoms with E-state index >= 15 is 0 Å². The van der Waals surface area contributed by atoms with Crippen molar-refractivity contribution in [3.63, 3.8) is 0 Å². The molecule has 1 aliphatic rings. The maximum absolute atomic E-state index is 14.2. The minimum absolute atomic E-state index is 0.0255. The standard InChI is InChI=1S/C20H15Cl2F3N8O2/c1-19(20(23,24)25)9-31(13-6-26-15-3-14(22)30-33(15)16(13)19)18(35)29-11-2-12(21)17(27-5-11)32-7-10(8-34)4-28-32/h2-7,34H,8-9H2,1H3,(H,29,35)/t19-/m1/s1. The first-order chi connectivity index (χ1) is 16.5. The van der Waals surface area contributed by atoms with Gasteiger partial charge < -0.3 is 10.4 Å². The number of halogens is 5. The Kier molecular flexibility index (Phi) is 5.38. The van der Waals surface area contributed by atoms with Crippen LogP contribution >= 0.6 is 23.2 Å². The number of aliphatic hydroxyl groups is 1. The number of carbonyl (C=O) groups is 1. The van der Waals surface area contributed by atoms with E-state index in [9.17, 15) is 23.1 Å². The lowest BCUT2D eigenvalue weighted by atomic mass is 9.88. The van der Waals surface area contributed by atoms with Gasteiger partial charge in [-0.2, -0.15) is 23.4 Å².